The minimum absolute atomic E-state index is 0.0328. The summed E-state index contributed by atoms with van der Waals surface area (Å²) < 4.78 is 34.3. The summed E-state index contributed by atoms with van der Waals surface area (Å²) in [6.45, 7) is 0. The second-order valence-electron chi connectivity index (χ2n) is 5.83. The van der Waals surface area contributed by atoms with Crippen LogP contribution in [0.5, 0.6) is 5.75 Å². The summed E-state index contributed by atoms with van der Waals surface area (Å²) in [5, 5.41) is 0.647. The highest BCUT2D eigenvalue weighted by Gasteiger charge is 2.17. The van der Waals surface area contributed by atoms with Crippen molar-refractivity contribution in [3.63, 3.8) is 0 Å². The molecule has 0 bridgehead atoms. The molecule has 3 aromatic carbocycles. The zero-order valence-corrected chi connectivity index (χ0v) is 18.2. The number of hydrogen-bond donors (Lipinski definition) is 0. The first-order valence-electron chi connectivity index (χ1n) is 8.23. The maximum absolute atomic E-state index is 12.5. The van der Waals surface area contributed by atoms with E-state index in [1.165, 1.54) is 12.1 Å². The molecule has 150 valence electrons. The van der Waals surface area contributed by atoms with Gasteiger partial charge < -0.3 is 4.74 Å². The zero-order chi connectivity index (χ0) is 21.0. The normalized spacial score (nSPS) is 12.5. The van der Waals surface area contributed by atoms with Crippen LogP contribution in [0.1, 0.15) is 10.4 Å². The molecule has 0 saturated carbocycles. The van der Waals surface area contributed by atoms with Crippen molar-refractivity contribution in [3.8, 4) is 5.75 Å². The van der Waals surface area contributed by atoms with Crippen LogP contribution in [-0.4, -0.2) is 20.6 Å². The summed E-state index contributed by atoms with van der Waals surface area (Å²) >= 11 is 11.8. The number of rotatable bonds is 5. The van der Waals surface area contributed by atoms with E-state index in [0.717, 1.165) is 0 Å². The van der Waals surface area contributed by atoms with Gasteiger partial charge in [-0.05, 0) is 66.9 Å². The smallest absolute Gasteiger partial charge is 0.343 e. The third-order valence-corrected chi connectivity index (χ3v) is 8.02. The van der Waals surface area contributed by atoms with Gasteiger partial charge in [-0.25, -0.2) is 4.79 Å². The third-order valence-electron chi connectivity index (χ3n) is 3.78. The van der Waals surface area contributed by atoms with Gasteiger partial charge in [0.1, 0.15) is 10.6 Å². The lowest BCUT2D eigenvalue weighted by atomic mass is 10.2. The highest BCUT2D eigenvalue weighted by atomic mass is 35.5. The number of carbonyl (C=O) groups is 1. The molecule has 5 nitrogen and oxygen atoms in total. The number of hydrogen-bond acceptors (Lipinski definition) is 4. The highest BCUT2D eigenvalue weighted by Crippen LogP contribution is 2.24. The molecule has 0 aliphatic heterocycles. The predicted molar refractivity (Wildman–Crippen MR) is 115 cm³/mol. The molecule has 3 rings (SSSR count). The first kappa shape index (κ1) is 21.5. The minimum Gasteiger partial charge on any atom is -0.423 e. The average molecular weight is 468 g/mol. The third kappa shape index (κ3) is 5.45. The van der Waals surface area contributed by atoms with Crippen molar-refractivity contribution in [3.05, 3.63) is 88.4 Å². The lowest BCUT2D eigenvalue weighted by Gasteiger charge is -2.07. The molecule has 0 aliphatic carbocycles. The molecule has 0 aliphatic rings. The van der Waals surface area contributed by atoms with Gasteiger partial charge in [0, 0.05) is 9.92 Å². The van der Waals surface area contributed by atoms with Gasteiger partial charge in [-0.1, -0.05) is 46.0 Å². The summed E-state index contributed by atoms with van der Waals surface area (Å²) in [4.78, 5) is 12.8. The van der Waals surface area contributed by atoms with E-state index < -0.39 is 26.7 Å². The zero-order valence-electron chi connectivity index (χ0n) is 15.1. The molecular weight excluding hydrogens is 453 g/mol. The van der Waals surface area contributed by atoms with Crippen LogP contribution in [0.4, 0.5) is 0 Å². The molecule has 0 amide bonds. The Labute approximate surface area is 181 Å². The van der Waals surface area contributed by atoms with Crippen LogP contribution in [0.25, 0.3) is 0 Å². The highest BCUT2D eigenvalue weighted by molar-refractivity contribution is 8.00. The second kappa shape index (κ2) is 9.09. The topological polar surface area (TPSA) is 72.8 Å². The maximum Gasteiger partial charge on any atom is 0.343 e. The SMILES string of the molecule is C[S@](=NS(=O)(=O)c1ccccc1Cl)c1ccc(OC(=O)c2ccc(Cl)cc2)cc1. The summed E-state index contributed by atoms with van der Waals surface area (Å²) in [6.07, 6.45) is 1.68. The molecule has 0 spiro atoms. The van der Waals surface area contributed by atoms with E-state index in [1.54, 1.807) is 66.9 Å². The van der Waals surface area contributed by atoms with E-state index in [4.69, 9.17) is 27.9 Å². The molecule has 0 fully saturated rings. The van der Waals surface area contributed by atoms with Gasteiger partial charge in [-0.3, -0.25) is 0 Å². The number of sulfonamides is 1. The van der Waals surface area contributed by atoms with Crippen molar-refractivity contribution >= 4 is 49.9 Å². The monoisotopic (exact) mass is 467 g/mol. The lowest BCUT2D eigenvalue weighted by molar-refractivity contribution is 0.0734. The van der Waals surface area contributed by atoms with E-state index in [-0.39, 0.29) is 9.92 Å². The fraction of sp³-hybridized carbons (Fsp3) is 0.0500. The van der Waals surface area contributed by atoms with E-state index >= 15 is 0 Å². The van der Waals surface area contributed by atoms with E-state index in [9.17, 15) is 13.2 Å². The molecule has 29 heavy (non-hydrogen) atoms. The van der Waals surface area contributed by atoms with Crippen molar-refractivity contribution in [1.29, 1.82) is 0 Å². The van der Waals surface area contributed by atoms with Gasteiger partial charge in [-0.15, -0.1) is 3.77 Å². The van der Waals surface area contributed by atoms with Crippen LogP contribution < -0.4 is 4.74 Å². The Hall–Kier alpha value is -2.19. The Bertz CT molecular complexity index is 1180. The van der Waals surface area contributed by atoms with Gasteiger partial charge in [0.2, 0.25) is 0 Å². The van der Waals surface area contributed by atoms with Crippen molar-refractivity contribution in [2.75, 3.05) is 6.26 Å². The number of ether oxygens (including phenoxy) is 1. The number of esters is 1. The number of halogens is 2. The fourth-order valence-corrected chi connectivity index (χ4v) is 5.83. The van der Waals surface area contributed by atoms with Crippen LogP contribution in [0.15, 0.2) is 86.4 Å². The van der Waals surface area contributed by atoms with Crippen molar-refractivity contribution < 1.29 is 17.9 Å². The summed E-state index contributed by atoms with van der Waals surface area (Å²) in [6, 6.07) is 19.0. The van der Waals surface area contributed by atoms with E-state index in [1.807, 2.05) is 0 Å². The largest absolute Gasteiger partial charge is 0.423 e. The molecular formula is C20H15Cl2NO4S2. The van der Waals surface area contributed by atoms with Crippen molar-refractivity contribution in [2.24, 2.45) is 3.77 Å². The summed E-state index contributed by atoms with van der Waals surface area (Å²) in [5.74, 6) is -0.185. The van der Waals surface area contributed by atoms with E-state index in [2.05, 4.69) is 3.77 Å². The molecule has 0 saturated heterocycles. The number of benzene rings is 3. The molecule has 0 radical (unpaired) electrons. The Morgan fingerprint density at radius 3 is 2.17 bits per heavy atom. The lowest BCUT2D eigenvalue weighted by Crippen LogP contribution is -2.08. The van der Waals surface area contributed by atoms with Crippen molar-refractivity contribution in [2.45, 2.75) is 9.79 Å². The van der Waals surface area contributed by atoms with Gasteiger partial charge in [0.05, 0.1) is 10.6 Å². The average Bonchev–Trinajstić information content (AvgIpc) is 2.69. The van der Waals surface area contributed by atoms with Gasteiger partial charge in [0.25, 0.3) is 10.0 Å². The van der Waals surface area contributed by atoms with Crippen LogP contribution in [0.2, 0.25) is 10.0 Å². The van der Waals surface area contributed by atoms with Crippen LogP contribution in [0, 0.1) is 0 Å². The minimum atomic E-state index is -3.90. The van der Waals surface area contributed by atoms with Gasteiger partial charge in [0.15, 0.2) is 0 Å². The Balaban J connectivity index is 1.77. The maximum atomic E-state index is 12.5. The number of carbonyl (C=O) groups excluding carboxylic acids is 1. The Morgan fingerprint density at radius 1 is 0.931 bits per heavy atom. The summed E-state index contributed by atoms with van der Waals surface area (Å²) in [5.41, 5.74) is 0.370. The molecule has 3 aromatic rings. The summed E-state index contributed by atoms with van der Waals surface area (Å²) in [7, 11) is -4.85. The molecule has 9 heteroatoms. The van der Waals surface area contributed by atoms with Gasteiger partial charge >= 0.3 is 5.97 Å². The molecule has 0 aromatic heterocycles. The van der Waals surface area contributed by atoms with Crippen LogP contribution >= 0.6 is 23.2 Å². The molecule has 0 unspecified atom stereocenters. The first-order chi connectivity index (χ1) is 13.8. The van der Waals surface area contributed by atoms with Crippen LogP contribution in [-0.2, 0) is 20.7 Å². The second-order valence-corrected chi connectivity index (χ2v) is 10.1. The number of nitrogens with zero attached hydrogens (tertiary/aromatic N) is 1. The quantitative estimate of drug-likeness (QED) is 0.372. The molecule has 1 atom stereocenters. The molecule has 0 heterocycles. The van der Waals surface area contributed by atoms with Crippen LogP contribution in [0.3, 0.4) is 0 Å². The Morgan fingerprint density at radius 2 is 1.55 bits per heavy atom. The van der Waals surface area contributed by atoms with E-state index in [0.29, 0.717) is 21.2 Å². The Kier molecular flexibility index (Phi) is 6.74. The van der Waals surface area contributed by atoms with Crippen molar-refractivity contribution in [1.82, 2.24) is 0 Å². The fourth-order valence-electron chi connectivity index (χ4n) is 2.34. The first-order valence-corrected chi connectivity index (χ1v) is 12.0. The predicted octanol–water partition coefficient (Wildman–Crippen LogP) is 5.39. The standard InChI is InChI=1S/C20H15Cl2NO4S2/c1-28(23-29(25,26)19-5-3-2-4-18(19)22)17-12-10-16(11-13-17)27-20(24)14-6-8-15(21)9-7-14/h2-13H,1H3/t28-/m0/s1. The molecule has 0 N–H and O–H groups in total. The van der Waals surface area contributed by atoms with Gasteiger partial charge in [-0.2, -0.15) is 8.42 Å².